The second-order valence-electron chi connectivity index (χ2n) is 3.49. The summed E-state index contributed by atoms with van der Waals surface area (Å²) in [5, 5.41) is 10.3. The first-order valence-corrected chi connectivity index (χ1v) is 7.11. The fourth-order valence-electron chi connectivity index (χ4n) is 1.60. The van der Waals surface area contributed by atoms with Gasteiger partial charge in [-0.15, -0.1) is 0 Å². The topological polar surface area (TPSA) is 20.2 Å². The molecule has 1 nitrogen and oxygen atoms in total. The third-order valence-corrected chi connectivity index (χ3v) is 4.49. The van der Waals surface area contributed by atoms with Crippen LogP contribution < -0.4 is 0 Å². The highest BCUT2D eigenvalue weighted by Gasteiger charge is 2.33. The highest BCUT2D eigenvalue weighted by Crippen LogP contribution is 2.38. The third-order valence-electron chi connectivity index (χ3n) is 2.40. The van der Waals surface area contributed by atoms with Gasteiger partial charge < -0.3 is 5.11 Å². The van der Waals surface area contributed by atoms with Crippen molar-refractivity contribution in [1.29, 1.82) is 0 Å². The summed E-state index contributed by atoms with van der Waals surface area (Å²) in [7, 11) is 0. The first-order chi connectivity index (χ1) is 6.60. The van der Waals surface area contributed by atoms with Gasteiger partial charge in [-0.05, 0) is 35.9 Å². The Morgan fingerprint density at radius 3 is 2.36 bits per heavy atom. The molecule has 0 bridgehead atoms. The lowest BCUT2D eigenvalue weighted by Gasteiger charge is -2.22. The Labute approximate surface area is 105 Å². The molecule has 1 atom stereocenters. The van der Waals surface area contributed by atoms with Crippen LogP contribution in [0.25, 0.3) is 0 Å². The quantitative estimate of drug-likeness (QED) is 0.845. The van der Waals surface area contributed by atoms with Crippen LogP contribution in [0.1, 0.15) is 12.0 Å². The van der Waals surface area contributed by atoms with E-state index in [0.29, 0.717) is 0 Å². The second kappa shape index (κ2) is 4.16. The normalized spacial score (nSPS) is 26.8. The molecule has 1 fully saturated rings. The van der Waals surface area contributed by atoms with E-state index in [0.717, 1.165) is 32.4 Å². The number of rotatable bonds is 1. The Balaban J connectivity index is 2.40. The molecule has 1 N–H and O–H groups in total. The van der Waals surface area contributed by atoms with Crippen molar-refractivity contribution < 1.29 is 5.11 Å². The molecular weight excluding hydrogens is 328 g/mol. The zero-order valence-corrected chi connectivity index (χ0v) is 11.5. The van der Waals surface area contributed by atoms with Gasteiger partial charge in [0.05, 0.1) is 5.60 Å². The molecule has 4 heteroatoms. The summed E-state index contributed by atoms with van der Waals surface area (Å²) in [6.07, 6.45) is 0.848. The predicted molar refractivity (Wildman–Crippen MR) is 67.7 cm³/mol. The van der Waals surface area contributed by atoms with Crippen molar-refractivity contribution in [3.05, 3.63) is 32.7 Å². The molecule has 1 aliphatic rings. The van der Waals surface area contributed by atoms with Crippen LogP contribution in [0.4, 0.5) is 0 Å². The minimum absolute atomic E-state index is 0.628. The van der Waals surface area contributed by atoms with E-state index in [-0.39, 0.29) is 0 Å². The van der Waals surface area contributed by atoms with Crippen molar-refractivity contribution in [2.24, 2.45) is 0 Å². The van der Waals surface area contributed by atoms with Gasteiger partial charge in [-0.3, -0.25) is 0 Å². The van der Waals surface area contributed by atoms with Gasteiger partial charge in [-0.2, -0.15) is 11.8 Å². The van der Waals surface area contributed by atoms with Gasteiger partial charge in [0, 0.05) is 14.7 Å². The summed E-state index contributed by atoms with van der Waals surface area (Å²) in [5.74, 6) is 1.84. The molecule has 76 valence electrons. The molecule has 0 aliphatic carbocycles. The highest BCUT2D eigenvalue weighted by molar-refractivity contribution is 9.11. The highest BCUT2D eigenvalue weighted by atomic mass is 79.9. The molecule has 0 radical (unpaired) electrons. The molecule has 0 saturated carbocycles. The Hall–Kier alpha value is 0.490. The SMILES string of the molecule is O[C@@]1(c2cc(Br)cc(Br)c2)CCSC1. The van der Waals surface area contributed by atoms with Crippen LogP contribution in [-0.2, 0) is 5.60 Å². The molecule has 0 spiro atoms. The fourth-order valence-corrected chi connectivity index (χ4v) is 4.17. The van der Waals surface area contributed by atoms with Crippen LogP contribution >= 0.6 is 43.6 Å². The fraction of sp³-hybridized carbons (Fsp3) is 0.400. The van der Waals surface area contributed by atoms with Crippen LogP contribution in [0.15, 0.2) is 27.1 Å². The van der Waals surface area contributed by atoms with Crippen molar-refractivity contribution in [3.63, 3.8) is 0 Å². The summed E-state index contributed by atoms with van der Waals surface area (Å²) in [6, 6.07) is 5.97. The number of hydrogen-bond acceptors (Lipinski definition) is 2. The molecule has 1 aromatic carbocycles. The largest absolute Gasteiger partial charge is 0.384 e. The van der Waals surface area contributed by atoms with E-state index in [1.807, 2.05) is 18.2 Å². The lowest BCUT2D eigenvalue weighted by Crippen LogP contribution is -2.24. The van der Waals surface area contributed by atoms with E-state index in [2.05, 4.69) is 31.9 Å². The average molecular weight is 338 g/mol. The van der Waals surface area contributed by atoms with E-state index < -0.39 is 5.60 Å². The van der Waals surface area contributed by atoms with E-state index in [1.165, 1.54) is 0 Å². The molecule has 0 amide bonds. The summed E-state index contributed by atoms with van der Waals surface area (Å²) in [4.78, 5) is 0. The lowest BCUT2D eigenvalue weighted by atomic mass is 9.94. The van der Waals surface area contributed by atoms with Crippen molar-refractivity contribution >= 4 is 43.6 Å². The van der Waals surface area contributed by atoms with Crippen LogP contribution in [0.3, 0.4) is 0 Å². The van der Waals surface area contributed by atoms with Gasteiger partial charge in [0.2, 0.25) is 0 Å². The van der Waals surface area contributed by atoms with E-state index in [4.69, 9.17) is 0 Å². The summed E-state index contributed by atoms with van der Waals surface area (Å²) in [6.45, 7) is 0. The van der Waals surface area contributed by atoms with Gasteiger partial charge in [-0.25, -0.2) is 0 Å². The minimum atomic E-state index is -0.628. The van der Waals surface area contributed by atoms with Crippen molar-refractivity contribution in [2.75, 3.05) is 11.5 Å². The molecule has 1 aliphatic heterocycles. The molecule has 1 saturated heterocycles. The maximum atomic E-state index is 10.3. The third kappa shape index (κ3) is 2.18. The molecule has 0 aromatic heterocycles. The van der Waals surface area contributed by atoms with Gasteiger partial charge in [0.15, 0.2) is 0 Å². The molecule has 14 heavy (non-hydrogen) atoms. The Morgan fingerprint density at radius 1 is 1.21 bits per heavy atom. The van der Waals surface area contributed by atoms with E-state index in [1.54, 1.807) is 11.8 Å². The van der Waals surface area contributed by atoms with Crippen molar-refractivity contribution in [3.8, 4) is 0 Å². The van der Waals surface area contributed by atoms with Crippen LogP contribution in [0.2, 0.25) is 0 Å². The molecule has 1 heterocycles. The summed E-state index contributed by atoms with van der Waals surface area (Å²) >= 11 is 8.68. The van der Waals surface area contributed by atoms with Gasteiger partial charge in [0.1, 0.15) is 0 Å². The Morgan fingerprint density at radius 2 is 1.86 bits per heavy atom. The van der Waals surface area contributed by atoms with E-state index >= 15 is 0 Å². The second-order valence-corrected chi connectivity index (χ2v) is 6.43. The summed E-state index contributed by atoms with van der Waals surface area (Å²) < 4.78 is 2.01. The van der Waals surface area contributed by atoms with Gasteiger partial charge in [0.25, 0.3) is 0 Å². The molecular formula is C10H10Br2OS. The first kappa shape index (κ1) is 11.0. The van der Waals surface area contributed by atoms with Crippen molar-refractivity contribution in [1.82, 2.24) is 0 Å². The Bertz CT molecular complexity index is 328. The zero-order chi connectivity index (χ0) is 10.2. The number of thioether (sulfide) groups is 1. The zero-order valence-electron chi connectivity index (χ0n) is 7.46. The number of benzene rings is 1. The van der Waals surface area contributed by atoms with Gasteiger partial charge >= 0.3 is 0 Å². The Kier molecular flexibility index (Phi) is 3.27. The van der Waals surface area contributed by atoms with Crippen LogP contribution in [0.5, 0.6) is 0 Å². The van der Waals surface area contributed by atoms with E-state index in [9.17, 15) is 5.11 Å². The number of hydrogen-bond donors (Lipinski definition) is 1. The molecule has 1 aromatic rings. The molecule has 2 rings (SSSR count). The molecule has 0 unspecified atom stereocenters. The maximum absolute atomic E-state index is 10.3. The van der Waals surface area contributed by atoms with Crippen LogP contribution in [-0.4, -0.2) is 16.6 Å². The lowest BCUT2D eigenvalue weighted by molar-refractivity contribution is 0.0656. The monoisotopic (exact) mass is 336 g/mol. The number of aliphatic hydroxyl groups is 1. The first-order valence-electron chi connectivity index (χ1n) is 4.37. The smallest absolute Gasteiger partial charge is 0.0995 e. The predicted octanol–water partition coefficient (Wildman–Crippen LogP) is 3.54. The number of halogens is 2. The standard InChI is InChI=1S/C10H10Br2OS/c11-8-3-7(4-9(12)5-8)10(13)1-2-14-6-10/h3-5,13H,1-2,6H2/t10-/m0/s1. The summed E-state index contributed by atoms with van der Waals surface area (Å²) in [5.41, 5.74) is 0.375. The minimum Gasteiger partial charge on any atom is -0.384 e. The maximum Gasteiger partial charge on any atom is 0.0995 e. The van der Waals surface area contributed by atoms with Gasteiger partial charge in [-0.1, -0.05) is 31.9 Å². The van der Waals surface area contributed by atoms with Crippen LogP contribution in [0, 0.1) is 0 Å². The average Bonchev–Trinajstić information content (AvgIpc) is 2.52. The van der Waals surface area contributed by atoms with Crippen molar-refractivity contribution in [2.45, 2.75) is 12.0 Å².